The van der Waals surface area contributed by atoms with Gasteiger partial charge >= 0.3 is 0 Å². The van der Waals surface area contributed by atoms with Crippen LogP contribution >= 0.6 is 46.4 Å². The summed E-state index contributed by atoms with van der Waals surface area (Å²) in [5, 5.41) is 14.1. The summed E-state index contributed by atoms with van der Waals surface area (Å²) in [6.45, 7) is 2.99. The van der Waals surface area contributed by atoms with Crippen LogP contribution in [-0.4, -0.2) is 11.7 Å². The van der Waals surface area contributed by atoms with Gasteiger partial charge in [0, 0.05) is 22.8 Å². The molecule has 0 amide bonds. The third-order valence-electron chi connectivity index (χ3n) is 3.04. The van der Waals surface area contributed by atoms with Gasteiger partial charge in [0.2, 0.25) is 0 Å². The van der Waals surface area contributed by atoms with E-state index in [9.17, 15) is 5.11 Å². The fourth-order valence-electron chi connectivity index (χ4n) is 1.98. The topological polar surface area (TPSA) is 41.5 Å². The van der Waals surface area contributed by atoms with E-state index in [1.54, 1.807) is 24.3 Å². The van der Waals surface area contributed by atoms with Gasteiger partial charge in [0.05, 0.1) is 21.7 Å². The van der Waals surface area contributed by atoms with E-state index in [-0.39, 0.29) is 15.8 Å². The van der Waals surface area contributed by atoms with Crippen LogP contribution in [0.5, 0.6) is 11.5 Å². The first-order valence-corrected chi connectivity index (χ1v) is 8.46. The fraction of sp³-hybridized carbons (Fsp3) is 0.250. The Balaban J connectivity index is 2.22. The van der Waals surface area contributed by atoms with Crippen molar-refractivity contribution in [1.29, 1.82) is 0 Å². The first-order chi connectivity index (χ1) is 10.9. The van der Waals surface area contributed by atoms with Crippen molar-refractivity contribution >= 4 is 52.1 Å². The van der Waals surface area contributed by atoms with Gasteiger partial charge < -0.3 is 15.2 Å². The minimum absolute atomic E-state index is 0.142. The number of hydrogen-bond donors (Lipinski definition) is 2. The maximum Gasteiger partial charge on any atom is 0.152 e. The fourth-order valence-corrected chi connectivity index (χ4v) is 3.05. The number of hydrogen-bond acceptors (Lipinski definition) is 3. The molecule has 0 bridgehead atoms. The van der Waals surface area contributed by atoms with Gasteiger partial charge in [-0.15, -0.1) is 0 Å². The highest BCUT2D eigenvalue weighted by Gasteiger charge is 2.12. The SMILES string of the molecule is CCCOc1c(Cl)cc(Cl)cc1CNc1cc(Cl)c(O)c(Cl)c1. The van der Waals surface area contributed by atoms with Crippen LogP contribution < -0.4 is 10.1 Å². The molecule has 0 fully saturated rings. The first kappa shape index (κ1) is 18.3. The lowest BCUT2D eigenvalue weighted by Gasteiger charge is -2.15. The molecule has 0 aromatic heterocycles. The summed E-state index contributed by atoms with van der Waals surface area (Å²) in [4.78, 5) is 0. The van der Waals surface area contributed by atoms with Gasteiger partial charge in [-0.05, 0) is 30.7 Å². The smallest absolute Gasteiger partial charge is 0.152 e. The van der Waals surface area contributed by atoms with E-state index in [1.807, 2.05) is 6.92 Å². The van der Waals surface area contributed by atoms with Gasteiger partial charge in [-0.3, -0.25) is 0 Å². The highest BCUT2D eigenvalue weighted by molar-refractivity contribution is 6.37. The zero-order valence-corrected chi connectivity index (χ0v) is 15.3. The third-order valence-corrected chi connectivity index (χ3v) is 4.11. The van der Waals surface area contributed by atoms with Crippen LogP contribution in [0.3, 0.4) is 0 Å². The summed E-state index contributed by atoms with van der Waals surface area (Å²) in [7, 11) is 0. The van der Waals surface area contributed by atoms with E-state index in [1.165, 1.54) is 0 Å². The number of benzene rings is 2. The molecule has 124 valence electrons. The highest BCUT2D eigenvalue weighted by atomic mass is 35.5. The Bertz CT molecular complexity index is 684. The molecule has 0 aliphatic rings. The molecule has 0 radical (unpaired) electrons. The average Bonchev–Trinajstić information content (AvgIpc) is 2.49. The minimum Gasteiger partial charge on any atom is -0.505 e. The molecule has 0 atom stereocenters. The number of nitrogens with one attached hydrogen (secondary N) is 1. The molecule has 0 aliphatic heterocycles. The second-order valence-electron chi connectivity index (χ2n) is 4.87. The Morgan fingerprint density at radius 3 is 2.26 bits per heavy atom. The van der Waals surface area contributed by atoms with Crippen LogP contribution in [0, 0.1) is 0 Å². The van der Waals surface area contributed by atoms with Crippen molar-refractivity contribution in [1.82, 2.24) is 0 Å². The molecule has 0 heterocycles. The lowest BCUT2D eigenvalue weighted by molar-refractivity contribution is 0.314. The van der Waals surface area contributed by atoms with Gasteiger partial charge in [-0.2, -0.15) is 0 Å². The lowest BCUT2D eigenvalue weighted by atomic mass is 10.2. The molecule has 0 saturated heterocycles. The van der Waals surface area contributed by atoms with Crippen LogP contribution in [-0.2, 0) is 6.54 Å². The Labute approximate surface area is 155 Å². The number of aromatic hydroxyl groups is 1. The van der Waals surface area contributed by atoms with Crippen LogP contribution in [0.25, 0.3) is 0 Å². The first-order valence-electron chi connectivity index (χ1n) is 6.95. The summed E-state index contributed by atoms with van der Waals surface area (Å²) < 4.78 is 5.70. The highest BCUT2D eigenvalue weighted by Crippen LogP contribution is 2.36. The van der Waals surface area contributed by atoms with E-state index < -0.39 is 0 Å². The molecular weight excluding hydrogens is 380 g/mol. The third kappa shape index (κ3) is 4.74. The van der Waals surface area contributed by atoms with Gasteiger partial charge in [-0.1, -0.05) is 53.3 Å². The van der Waals surface area contributed by atoms with Crippen LogP contribution in [0.1, 0.15) is 18.9 Å². The predicted molar refractivity (Wildman–Crippen MR) is 97.7 cm³/mol. The Morgan fingerprint density at radius 2 is 1.65 bits per heavy atom. The van der Waals surface area contributed by atoms with Crippen LogP contribution in [0.2, 0.25) is 20.1 Å². The van der Waals surface area contributed by atoms with E-state index in [0.29, 0.717) is 34.6 Å². The van der Waals surface area contributed by atoms with Crippen LogP contribution in [0.15, 0.2) is 24.3 Å². The summed E-state index contributed by atoms with van der Waals surface area (Å²) in [5.74, 6) is 0.457. The molecule has 7 heteroatoms. The second-order valence-corrected chi connectivity index (χ2v) is 6.52. The molecule has 0 unspecified atom stereocenters. The average molecular weight is 395 g/mol. The number of ether oxygens (including phenoxy) is 1. The number of phenols is 1. The normalized spacial score (nSPS) is 10.7. The summed E-state index contributed by atoms with van der Waals surface area (Å²) in [5.41, 5.74) is 1.48. The zero-order valence-electron chi connectivity index (χ0n) is 12.3. The molecule has 3 nitrogen and oxygen atoms in total. The Hall–Kier alpha value is -1.00. The van der Waals surface area contributed by atoms with Crippen molar-refractivity contribution in [2.24, 2.45) is 0 Å². The van der Waals surface area contributed by atoms with Crippen molar-refractivity contribution in [2.45, 2.75) is 19.9 Å². The van der Waals surface area contributed by atoms with E-state index in [0.717, 1.165) is 12.0 Å². The van der Waals surface area contributed by atoms with E-state index in [4.69, 9.17) is 51.1 Å². The summed E-state index contributed by atoms with van der Waals surface area (Å²) in [6.07, 6.45) is 0.870. The molecule has 2 N–H and O–H groups in total. The molecule has 0 spiro atoms. The summed E-state index contributed by atoms with van der Waals surface area (Å²) >= 11 is 24.1. The van der Waals surface area contributed by atoms with E-state index in [2.05, 4.69) is 5.32 Å². The number of phenolic OH excluding ortho intramolecular Hbond substituents is 1. The molecule has 0 saturated carbocycles. The lowest BCUT2D eigenvalue weighted by Crippen LogP contribution is -2.05. The van der Waals surface area contributed by atoms with Crippen molar-refractivity contribution in [2.75, 3.05) is 11.9 Å². The van der Waals surface area contributed by atoms with Crippen LogP contribution in [0.4, 0.5) is 5.69 Å². The largest absolute Gasteiger partial charge is 0.505 e. The molecular formula is C16H15Cl4NO2. The monoisotopic (exact) mass is 393 g/mol. The molecule has 2 rings (SSSR count). The zero-order chi connectivity index (χ0) is 17.0. The van der Waals surface area contributed by atoms with Gasteiger partial charge in [0.15, 0.2) is 5.75 Å². The van der Waals surface area contributed by atoms with Crippen molar-refractivity contribution in [3.05, 3.63) is 49.9 Å². The predicted octanol–water partition coefficient (Wildman–Crippen LogP) is 6.41. The number of rotatable bonds is 6. The van der Waals surface area contributed by atoms with Gasteiger partial charge in [-0.25, -0.2) is 0 Å². The van der Waals surface area contributed by atoms with E-state index >= 15 is 0 Å². The molecule has 0 aliphatic carbocycles. The summed E-state index contributed by atoms with van der Waals surface area (Å²) in [6, 6.07) is 6.60. The Morgan fingerprint density at radius 1 is 1.00 bits per heavy atom. The quantitative estimate of drug-likeness (QED) is 0.556. The number of anilines is 1. The minimum atomic E-state index is -0.142. The maximum absolute atomic E-state index is 9.58. The number of halogens is 4. The van der Waals surface area contributed by atoms with Crippen molar-refractivity contribution in [3.63, 3.8) is 0 Å². The van der Waals surface area contributed by atoms with Crippen molar-refractivity contribution < 1.29 is 9.84 Å². The molecule has 2 aromatic rings. The van der Waals surface area contributed by atoms with Gasteiger partial charge in [0.25, 0.3) is 0 Å². The van der Waals surface area contributed by atoms with Gasteiger partial charge in [0.1, 0.15) is 5.75 Å². The Kier molecular flexibility index (Phi) is 6.54. The standard InChI is InChI=1S/C16H15Cl4NO2/c1-2-3-23-16-9(4-10(17)5-14(16)20)8-21-11-6-12(18)15(22)13(19)7-11/h4-7,21-22H,2-3,8H2,1H3. The van der Waals surface area contributed by atoms with Crippen molar-refractivity contribution in [3.8, 4) is 11.5 Å². The second kappa shape index (κ2) is 8.20. The molecule has 2 aromatic carbocycles. The molecule has 23 heavy (non-hydrogen) atoms. The maximum atomic E-state index is 9.58.